The van der Waals surface area contributed by atoms with E-state index in [-0.39, 0.29) is 0 Å². The van der Waals surface area contributed by atoms with Crippen molar-refractivity contribution in [2.75, 3.05) is 5.32 Å². The van der Waals surface area contributed by atoms with Gasteiger partial charge in [-0.15, -0.1) is 0 Å². The van der Waals surface area contributed by atoms with Gasteiger partial charge in [0.1, 0.15) is 5.15 Å². The summed E-state index contributed by atoms with van der Waals surface area (Å²) in [7, 11) is 0. The Morgan fingerprint density at radius 2 is 2.00 bits per heavy atom. The molecule has 0 saturated carbocycles. The van der Waals surface area contributed by atoms with Crippen LogP contribution >= 0.6 is 11.6 Å². The molecule has 2 aromatic rings. The van der Waals surface area contributed by atoms with Gasteiger partial charge in [-0.2, -0.15) is 0 Å². The minimum absolute atomic E-state index is 0.476. The van der Waals surface area contributed by atoms with Crippen molar-refractivity contribution in [1.82, 2.24) is 9.97 Å². The summed E-state index contributed by atoms with van der Waals surface area (Å²) in [6.45, 7) is 4.16. The summed E-state index contributed by atoms with van der Waals surface area (Å²) in [4.78, 5) is 8.65. The Morgan fingerprint density at radius 1 is 1.22 bits per heavy atom. The van der Waals surface area contributed by atoms with Crippen molar-refractivity contribution >= 4 is 23.2 Å². The molecule has 1 aromatic carbocycles. The van der Waals surface area contributed by atoms with Gasteiger partial charge < -0.3 is 5.32 Å². The van der Waals surface area contributed by atoms with E-state index < -0.39 is 0 Å². The van der Waals surface area contributed by atoms with E-state index in [4.69, 9.17) is 11.6 Å². The molecule has 1 N–H and O–H groups in total. The lowest BCUT2D eigenvalue weighted by molar-refractivity contribution is 0.875. The predicted octanol–water partition coefficient (Wildman–Crippen LogP) is 4.13. The van der Waals surface area contributed by atoms with E-state index in [0.717, 1.165) is 29.8 Å². The Labute approximate surface area is 112 Å². The number of anilines is 2. The van der Waals surface area contributed by atoms with Crippen LogP contribution in [0.2, 0.25) is 5.15 Å². The minimum atomic E-state index is 0.476. The summed E-state index contributed by atoms with van der Waals surface area (Å²) in [5.74, 6) is 0.556. The van der Waals surface area contributed by atoms with Gasteiger partial charge in [-0.05, 0) is 31.0 Å². The van der Waals surface area contributed by atoms with Crippen LogP contribution in [-0.4, -0.2) is 9.97 Å². The van der Waals surface area contributed by atoms with Crippen LogP contribution in [0.25, 0.3) is 0 Å². The van der Waals surface area contributed by atoms with E-state index in [9.17, 15) is 0 Å². The Balaban J connectivity index is 2.26. The van der Waals surface area contributed by atoms with Gasteiger partial charge in [0.15, 0.2) is 0 Å². The first-order valence-electron chi connectivity index (χ1n) is 6.05. The maximum atomic E-state index is 6.00. The van der Waals surface area contributed by atoms with Crippen LogP contribution < -0.4 is 5.32 Å². The van der Waals surface area contributed by atoms with E-state index in [1.807, 2.05) is 37.3 Å². The zero-order valence-electron chi connectivity index (χ0n) is 10.6. The van der Waals surface area contributed by atoms with Crippen molar-refractivity contribution in [1.29, 1.82) is 0 Å². The lowest BCUT2D eigenvalue weighted by atomic mass is 10.2. The molecule has 0 aliphatic rings. The summed E-state index contributed by atoms with van der Waals surface area (Å²) in [5, 5.41) is 3.68. The molecule has 0 saturated heterocycles. The van der Waals surface area contributed by atoms with Crippen molar-refractivity contribution in [3.63, 3.8) is 0 Å². The normalized spacial score (nSPS) is 10.4. The van der Waals surface area contributed by atoms with Gasteiger partial charge in [0.2, 0.25) is 5.95 Å². The highest BCUT2D eigenvalue weighted by Crippen LogP contribution is 2.19. The molecule has 0 bridgehead atoms. The fourth-order valence-corrected chi connectivity index (χ4v) is 1.94. The van der Waals surface area contributed by atoms with Crippen molar-refractivity contribution in [2.24, 2.45) is 0 Å². The highest BCUT2D eigenvalue weighted by molar-refractivity contribution is 6.29. The summed E-state index contributed by atoms with van der Waals surface area (Å²) in [6.07, 6.45) is 1.95. The number of aryl methyl sites for hydroxylation is 2. The summed E-state index contributed by atoms with van der Waals surface area (Å²) in [6, 6.07) is 9.84. The van der Waals surface area contributed by atoms with E-state index in [1.165, 1.54) is 0 Å². The lowest BCUT2D eigenvalue weighted by Crippen LogP contribution is -2.01. The number of rotatable bonds is 4. The largest absolute Gasteiger partial charge is 0.324 e. The quantitative estimate of drug-likeness (QED) is 0.841. The molecule has 0 amide bonds. The highest BCUT2D eigenvalue weighted by atomic mass is 35.5. The monoisotopic (exact) mass is 261 g/mol. The average Bonchev–Trinajstić information content (AvgIpc) is 2.32. The molecule has 0 unspecified atom stereocenters. The number of nitrogens with zero attached hydrogens (tertiary/aromatic N) is 2. The fraction of sp³-hybridized carbons (Fsp3) is 0.286. The van der Waals surface area contributed by atoms with Crippen LogP contribution in [0.1, 0.15) is 24.6 Å². The van der Waals surface area contributed by atoms with Gasteiger partial charge in [-0.25, -0.2) is 9.97 Å². The van der Waals surface area contributed by atoms with Gasteiger partial charge in [0.05, 0.1) is 0 Å². The van der Waals surface area contributed by atoms with Crippen molar-refractivity contribution in [3.8, 4) is 0 Å². The third kappa shape index (κ3) is 3.20. The summed E-state index contributed by atoms with van der Waals surface area (Å²) < 4.78 is 0. The van der Waals surface area contributed by atoms with Crippen LogP contribution in [0.3, 0.4) is 0 Å². The topological polar surface area (TPSA) is 37.8 Å². The Hall–Kier alpha value is -1.61. The van der Waals surface area contributed by atoms with Crippen LogP contribution in [0, 0.1) is 6.92 Å². The van der Waals surface area contributed by atoms with Crippen molar-refractivity contribution in [3.05, 3.63) is 46.7 Å². The van der Waals surface area contributed by atoms with Gasteiger partial charge in [-0.3, -0.25) is 0 Å². The van der Waals surface area contributed by atoms with Gasteiger partial charge >= 0.3 is 0 Å². The van der Waals surface area contributed by atoms with Crippen molar-refractivity contribution in [2.45, 2.75) is 26.7 Å². The van der Waals surface area contributed by atoms with E-state index in [1.54, 1.807) is 0 Å². The average molecular weight is 262 g/mol. The first-order chi connectivity index (χ1) is 8.69. The molecule has 18 heavy (non-hydrogen) atoms. The number of para-hydroxylation sites is 1. The Bertz CT molecular complexity index is 540. The maximum Gasteiger partial charge on any atom is 0.228 e. The molecule has 0 atom stereocenters. The number of benzene rings is 1. The molecule has 2 rings (SSSR count). The van der Waals surface area contributed by atoms with E-state index in [0.29, 0.717) is 11.1 Å². The van der Waals surface area contributed by atoms with Gasteiger partial charge in [0, 0.05) is 11.4 Å². The number of hydrogen-bond donors (Lipinski definition) is 1. The molecule has 4 heteroatoms. The van der Waals surface area contributed by atoms with Gasteiger partial charge in [-0.1, -0.05) is 43.1 Å². The van der Waals surface area contributed by atoms with Crippen LogP contribution in [0.15, 0.2) is 30.3 Å². The first-order valence-corrected chi connectivity index (χ1v) is 6.43. The van der Waals surface area contributed by atoms with Crippen LogP contribution in [-0.2, 0) is 6.42 Å². The standard InChI is InChI=1S/C14H16ClN3/c1-3-6-11-9-13(15)18-14(16-11)17-12-8-5-4-7-10(12)2/h4-5,7-9H,3,6H2,1-2H3,(H,16,17,18). The summed E-state index contributed by atoms with van der Waals surface area (Å²) >= 11 is 6.00. The predicted molar refractivity (Wildman–Crippen MR) is 75.5 cm³/mol. The molecular formula is C14H16ClN3. The van der Waals surface area contributed by atoms with Crippen LogP contribution in [0.4, 0.5) is 11.6 Å². The zero-order valence-corrected chi connectivity index (χ0v) is 11.3. The molecule has 0 fully saturated rings. The molecule has 1 aromatic heterocycles. The second-order valence-electron chi connectivity index (χ2n) is 4.20. The smallest absolute Gasteiger partial charge is 0.228 e. The van der Waals surface area contributed by atoms with E-state index in [2.05, 4.69) is 22.2 Å². The fourth-order valence-electron chi connectivity index (χ4n) is 1.74. The number of nitrogens with one attached hydrogen (secondary N) is 1. The maximum absolute atomic E-state index is 6.00. The van der Waals surface area contributed by atoms with Crippen LogP contribution in [0.5, 0.6) is 0 Å². The third-order valence-corrected chi connectivity index (χ3v) is 2.84. The number of aromatic nitrogens is 2. The SMILES string of the molecule is CCCc1cc(Cl)nc(Nc2ccccc2C)n1. The second kappa shape index (κ2) is 5.83. The molecule has 3 nitrogen and oxygen atoms in total. The molecule has 0 radical (unpaired) electrons. The molecule has 1 heterocycles. The zero-order chi connectivity index (χ0) is 13.0. The lowest BCUT2D eigenvalue weighted by Gasteiger charge is -2.09. The van der Waals surface area contributed by atoms with Gasteiger partial charge in [0.25, 0.3) is 0 Å². The first kappa shape index (κ1) is 12.8. The Morgan fingerprint density at radius 3 is 2.72 bits per heavy atom. The summed E-state index contributed by atoms with van der Waals surface area (Å²) in [5.41, 5.74) is 3.12. The number of hydrogen-bond acceptors (Lipinski definition) is 3. The molecule has 0 aliphatic carbocycles. The molecular weight excluding hydrogens is 246 g/mol. The highest BCUT2D eigenvalue weighted by Gasteiger charge is 2.04. The Kier molecular flexibility index (Phi) is 4.15. The third-order valence-electron chi connectivity index (χ3n) is 2.65. The van der Waals surface area contributed by atoms with Crippen molar-refractivity contribution < 1.29 is 0 Å². The minimum Gasteiger partial charge on any atom is -0.324 e. The second-order valence-corrected chi connectivity index (χ2v) is 4.58. The molecule has 0 spiro atoms. The number of halogens is 1. The van der Waals surface area contributed by atoms with E-state index >= 15 is 0 Å². The molecule has 94 valence electrons. The molecule has 0 aliphatic heterocycles.